The molecular weight excluding hydrogens is 304 g/mol. The molecule has 2 aromatic rings. The van der Waals surface area contributed by atoms with Crippen molar-refractivity contribution in [2.24, 2.45) is 5.73 Å². The van der Waals surface area contributed by atoms with Crippen LogP contribution in [0.4, 0.5) is 0 Å². The Bertz CT molecular complexity index is 759. The van der Waals surface area contributed by atoms with E-state index in [-0.39, 0.29) is 17.9 Å². The van der Waals surface area contributed by atoms with Gasteiger partial charge in [0.05, 0.1) is 6.04 Å². The van der Waals surface area contributed by atoms with Crippen molar-refractivity contribution in [1.82, 2.24) is 14.4 Å². The van der Waals surface area contributed by atoms with Gasteiger partial charge in [0.25, 0.3) is 0 Å². The number of carbonyl (C=O) groups is 2. The van der Waals surface area contributed by atoms with Gasteiger partial charge in [0.1, 0.15) is 6.54 Å². The molecule has 1 atom stereocenters. The zero-order valence-corrected chi connectivity index (χ0v) is 14.2. The van der Waals surface area contributed by atoms with Crippen molar-refractivity contribution in [3.05, 3.63) is 36.0 Å². The van der Waals surface area contributed by atoms with Gasteiger partial charge < -0.3 is 15.2 Å². The summed E-state index contributed by atoms with van der Waals surface area (Å²) in [5.74, 6) is -0.199. The first-order valence-corrected chi connectivity index (χ1v) is 8.33. The Morgan fingerprint density at radius 3 is 2.50 bits per heavy atom. The van der Waals surface area contributed by atoms with Crippen molar-refractivity contribution >= 4 is 22.7 Å². The Kier molecular flexibility index (Phi) is 4.57. The van der Waals surface area contributed by atoms with Crippen LogP contribution in [-0.4, -0.2) is 58.4 Å². The monoisotopic (exact) mass is 328 g/mol. The molecule has 0 bridgehead atoms. The lowest BCUT2D eigenvalue weighted by Gasteiger charge is -2.37. The van der Waals surface area contributed by atoms with Gasteiger partial charge in [0.2, 0.25) is 11.8 Å². The summed E-state index contributed by atoms with van der Waals surface area (Å²) in [5.41, 5.74) is 7.53. The first kappa shape index (κ1) is 16.5. The van der Waals surface area contributed by atoms with E-state index in [0.29, 0.717) is 32.7 Å². The number of aryl methyl sites for hydroxylation is 1. The number of fused-ring (bicyclic) bond motifs is 1. The number of para-hydroxylation sites is 1. The molecular formula is C18H24N4O2. The summed E-state index contributed by atoms with van der Waals surface area (Å²) in [7, 11) is 0. The van der Waals surface area contributed by atoms with Crippen LogP contribution in [0.1, 0.15) is 12.6 Å². The highest BCUT2D eigenvalue weighted by molar-refractivity contribution is 5.84. The summed E-state index contributed by atoms with van der Waals surface area (Å²) in [6.07, 6.45) is 0. The molecule has 6 heteroatoms. The summed E-state index contributed by atoms with van der Waals surface area (Å²) >= 11 is 0. The zero-order valence-electron chi connectivity index (χ0n) is 14.2. The van der Waals surface area contributed by atoms with Gasteiger partial charge in [-0.15, -0.1) is 0 Å². The van der Waals surface area contributed by atoms with Crippen molar-refractivity contribution in [3.8, 4) is 0 Å². The van der Waals surface area contributed by atoms with Gasteiger partial charge in [-0.1, -0.05) is 18.2 Å². The maximum absolute atomic E-state index is 12.7. The molecule has 1 aromatic heterocycles. The Hall–Kier alpha value is -2.34. The molecule has 3 rings (SSSR count). The van der Waals surface area contributed by atoms with E-state index in [4.69, 9.17) is 5.73 Å². The molecule has 1 saturated heterocycles. The maximum Gasteiger partial charge on any atom is 0.242 e. The van der Waals surface area contributed by atoms with Gasteiger partial charge in [0, 0.05) is 37.4 Å². The molecule has 2 heterocycles. The third-order valence-electron chi connectivity index (χ3n) is 4.94. The van der Waals surface area contributed by atoms with Gasteiger partial charge >= 0.3 is 0 Å². The lowest BCUT2D eigenvalue weighted by atomic mass is 10.2. The number of primary amides is 1. The first-order valence-electron chi connectivity index (χ1n) is 8.33. The molecule has 1 fully saturated rings. The minimum Gasteiger partial charge on any atom is -0.368 e. The van der Waals surface area contributed by atoms with Crippen LogP contribution in [0.2, 0.25) is 0 Å². The highest BCUT2D eigenvalue weighted by Gasteiger charge is 2.26. The van der Waals surface area contributed by atoms with E-state index >= 15 is 0 Å². The highest BCUT2D eigenvalue weighted by Crippen LogP contribution is 2.19. The average molecular weight is 328 g/mol. The number of hydrogen-bond donors (Lipinski definition) is 1. The second-order valence-corrected chi connectivity index (χ2v) is 6.43. The number of piperazine rings is 1. The van der Waals surface area contributed by atoms with Crippen LogP contribution in [0, 0.1) is 6.92 Å². The highest BCUT2D eigenvalue weighted by atomic mass is 16.2. The number of aromatic nitrogens is 1. The molecule has 0 spiro atoms. The molecule has 1 aromatic carbocycles. The second kappa shape index (κ2) is 6.65. The molecule has 1 aliphatic rings. The predicted octanol–water partition coefficient (Wildman–Crippen LogP) is 0.968. The van der Waals surface area contributed by atoms with Crippen molar-refractivity contribution in [3.63, 3.8) is 0 Å². The van der Waals surface area contributed by atoms with Crippen molar-refractivity contribution < 1.29 is 9.59 Å². The lowest BCUT2D eigenvalue weighted by Crippen LogP contribution is -2.54. The van der Waals surface area contributed by atoms with E-state index in [1.54, 1.807) is 0 Å². The number of amides is 2. The largest absolute Gasteiger partial charge is 0.368 e. The molecule has 24 heavy (non-hydrogen) atoms. The van der Waals surface area contributed by atoms with Crippen LogP contribution in [0.3, 0.4) is 0 Å². The topological polar surface area (TPSA) is 71.6 Å². The molecule has 0 radical (unpaired) electrons. The van der Waals surface area contributed by atoms with Crippen molar-refractivity contribution in [1.29, 1.82) is 0 Å². The summed E-state index contributed by atoms with van der Waals surface area (Å²) in [5, 5.41) is 1.16. The van der Waals surface area contributed by atoms with E-state index in [9.17, 15) is 9.59 Å². The number of rotatable bonds is 4. The Labute approximate surface area is 141 Å². The van der Waals surface area contributed by atoms with E-state index in [2.05, 4.69) is 16.7 Å². The van der Waals surface area contributed by atoms with E-state index in [0.717, 1.165) is 16.6 Å². The fourth-order valence-corrected chi connectivity index (χ4v) is 3.33. The van der Waals surface area contributed by atoms with Crippen LogP contribution >= 0.6 is 0 Å². The molecule has 0 saturated carbocycles. The fraction of sp³-hybridized carbons (Fsp3) is 0.444. The maximum atomic E-state index is 12.7. The first-order chi connectivity index (χ1) is 11.5. The number of benzene rings is 1. The molecule has 2 amide bonds. The van der Waals surface area contributed by atoms with Gasteiger partial charge in [-0.3, -0.25) is 14.5 Å². The van der Waals surface area contributed by atoms with Crippen LogP contribution in [0.15, 0.2) is 30.3 Å². The van der Waals surface area contributed by atoms with Crippen LogP contribution < -0.4 is 5.73 Å². The van der Waals surface area contributed by atoms with Gasteiger partial charge in [-0.2, -0.15) is 0 Å². The van der Waals surface area contributed by atoms with Crippen LogP contribution in [0.25, 0.3) is 10.9 Å². The molecule has 6 nitrogen and oxygen atoms in total. The summed E-state index contributed by atoms with van der Waals surface area (Å²) in [4.78, 5) is 27.9. The lowest BCUT2D eigenvalue weighted by molar-refractivity contribution is -0.134. The van der Waals surface area contributed by atoms with Crippen molar-refractivity contribution in [2.45, 2.75) is 26.4 Å². The Morgan fingerprint density at radius 1 is 1.17 bits per heavy atom. The molecule has 128 valence electrons. The molecule has 0 aliphatic carbocycles. The average Bonchev–Trinajstić information content (AvgIpc) is 2.90. The third kappa shape index (κ3) is 3.14. The molecule has 1 unspecified atom stereocenters. The minimum absolute atomic E-state index is 0.117. The molecule has 1 aliphatic heterocycles. The smallest absolute Gasteiger partial charge is 0.242 e. The summed E-state index contributed by atoms with van der Waals surface area (Å²) in [6, 6.07) is 9.93. The Morgan fingerprint density at radius 2 is 1.83 bits per heavy atom. The number of carbonyl (C=O) groups excluding carboxylic acids is 2. The fourth-order valence-electron chi connectivity index (χ4n) is 3.33. The standard InChI is InChI=1S/C18H24N4O2/c1-13-11-15-5-3-4-6-16(15)22(13)12-17(23)21-9-7-20(8-10-21)14(2)18(19)24/h3-6,11,14H,7-10,12H2,1-2H3,(H2,19,24). The third-order valence-corrected chi connectivity index (χ3v) is 4.94. The Balaban J connectivity index is 1.66. The summed E-state index contributed by atoms with van der Waals surface area (Å²) in [6.45, 7) is 6.82. The van der Waals surface area contributed by atoms with Crippen molar-refractivity contribution in [2.75, 3.05) is 26.2 Å². The minimum atomic E-state index is -0.316. The second-order valence-electron chi connectivity index (χ2n) is 6.43. The normalized spacial score (nSPS) is 17.2. The van der Waals surface area contributed by atoms with Crippen LogP contribution in [0.5, 0.6) is 0 Å². The van der Waals surface area contributed by atoms with E-state index in [1.165, 1.54) is 0 Å². The van der Waals surface area contributed by atoms with Gasteiger partial charge in [0.15, 0.2) is 0 Å². The number of hydrogen-bond acceptors (Lipinski definition) is 3. The number of nitrogens with two attached hydrogens (primary N) is 1. The van der Waals surface area contributed by atoms with Gasteiger partial charge in [-0.05, 0) is 31.4 Å². The summed E-state index contributed by atoms with van der Waals surface area (Å²) < 4.78 is 2.07. The van der Waals surface area contributed by atoms with Gasteiger partial charge in [-0.25, -0.2) is 0 Å². The molecule has 2 N–H and O–H groups in total. The van der Waals surface area contributed by atoms with Crippen LogP contribution in [-0.2, 0) is 16.1 Å². The zero-order chi connectivity index (χ0) is 17.3. The van der Waals surface area contributed by atoms with E-state index < -0.39 is 0 Å². The predicted molar refractivity (Wildman–Crippen MR) is 93.5 cm³/mol. The SMILES string of the molecule is Cc1cc2ccccc2n1CC(=O)N1CCN(C(C)C(N)=O)CC1. The quantitative estimate of drug-likeness (QED) is 0.909. The van der Waals surface area contributed by atoms with E-state index in [1.807, 2.05) is 41.8 Å². The number of nitrogens with zero attached hydrogens (tertiary/aromatic N) is 3.